The second kappa shape index (κ2) is 5.29. The molecule has 1 aliphatic rings. The summed E-state index contributed by atoms with van der Waals surface area (Å²) >= 11 is 0. The summed E-state index contributed by atoms with van der Waals surface area (Å²) in [5.41, 5.74) is 0. The van der Waals surface area contributed by atoms with Gasteiger partial charge in [0.1, 0.15) is 11.8 Å². The van der Waals surface area contributed by atoms with E-state index in [0.717, 1.165) is 0 Å². The Morgan fingerprint density at radius 1 is 1.56 bits per heavy atom. The number of carbonyl (C=O) groups is 2. The fourth-order valence-corrected chi connectivity index (χ4v) is 2.69. The fraction of sp³-hybridized carbons (Fsp3) is 0.778. The Kier molecular flexibility index (Phi) is 4.28. The van der Waals surface area contributed by atoms with Crippen LogP contribution in [0.1, 0.15) is 19.8 Å². The number of hydrogen-bond donors (Lipinski definition) is 1. The van der Waals surface area contributed by atoms with Crippen LogP contribution in [-0.2, 0) is 24.2 Å². The van der Waals surface area contributed by atoms with Gasteiger partial charge in [0.05, 0.1) is 12.4 Å². The average molecular weight is 249 g/mol. The maximum Gasteiger partial charge on any atom is 0.328 e. The summed E-state index contributed by atoms with van der Waals surface area (Å²) in [5.74, 6) is -1.72. The van der Waals surface area contributed by atoms with Crippen molar-refractivity contribution in [3.05, 3.63) is 0 Å². The molecular formula is C9H15NO5S. The van der Waals surface area contributed by atoms with Gasteiger partial charge >= 0.3 is 5.97 Å². The Morgan fingerprint density at radius 3 is 2.75 bits per heavy atom. The summed E-state index contributed by atoms with van der Waals surface area (Å²) in [5, 5.41) is 2.35. The molecule has 7 heteroatoms. The minimum Gasteiger partial charge on any atom is -0.464 e. The first kappa shape index (κ1) is 13.0. The number of carbonyl (C=O) groups excluding carboxylic acids is 2. The third-order valence-corrected chi connectivity index (χ3v) is 3.87. The number of rotatable bonds is 5. The summed E-state index contributed by atoms with van der Waals surface area (Å²) in [6.07, 6.45) is 0.874. The Balaban J connectivity index is 2.44. The van der Waals surface area contributed by atoms with Crippen LogP contribution in [0, 0.1) is 0 Å². The molecule has 1 N–H and O–H groups in total. The van der Waals surface area contributed by atoms with Crippen LogP contribution in [0.25, 0.3) is 0 Å². The molecule has 0 spiro atoms. The van der Waals surface area contributed by atoms with Crippen molar-refractivity contribution in [3.8, 4) is 0 Å². The van der Waals surface area contributed by atoms with Crippen LogP contribution in [-0.4, -0.2) is 44.4 Å². The first-order valence-electron chi connectivity index (χ1n) is 5.11. The van der Waals surface area contributed by atoms with Crippen molar-refractivity contribution >= 4 is 21.7 Å². The smallest absolute Gasteiger partial charge is 0.328 e. The van der Waals surface area contributed by atoms with Crippen LogP contribution in [0.4, 0.5) is 0 Å². The summed E-state index contributed by atoms with van der Waals surface area (Å²) in [7, 11) is -3.35. The number of hydrogen-bond acceptors (Lipinski definition) is 5. The van der Waals surface area contributed by atoms with Crippen LogP contribution >= 0.6 is 0 Å². The lowest BCUT2D eigenvalue weighted by Crippen LogP contribution is -2.41. The Morgan fingerprint density at radius 2 is 2.25 bits per heavy atom. The monoisotopic (exact) mass is 249 g/mol. The van der Waals surface area contributed by atoms with Crippen molar-refractivity contribution in [2.75, 3.05) is 18.1 Å². The van der Waals surface area contributed by atoms with Gasteiger partial charge in [-0.3, -0.25) is 4.79 Å². The normalized spacial score (nSPS) is 20.6. The summed E-state index contributed by atoms with van der Waals surface area (Å²) in [6.45, 7) is 2.00. The molecule has 1 amide bonds. The highest BCUT2D eigenvalue weighted by molar-refractivity contribution is 7.92. The predicted octanol–water partition coefficient (Wildman–Crippen LogP) is -0.757. The molecule has 0 aromatic carbocycles. The minimum absolute atomic E-state index is 0.0183. The van der Waals surface area contributed by atoms with Crippen LogP contribution < -0.4 is 5.32 Å². The molecule has 16 heavy (non-hydrogen) atoms. The predicted molar refractivity (Wildman–Crippen MR) is 56.5 cm³/mol. The molecule has 6 nitrogen and oxygen atoms in total. The second-order valence-electron chi connectivity index (χ2n) is 3.67. The molecule has 0 saturated carbocycles. The third-order valence-electron chi connectivity index (χ3n) is 2.14. The van der Waals surface area contributed by atoms with E-state index in [-0.39, 0.29) is 12.4 Å². The van der Waals surface area contributed by atoms with Gasteiger partial charge in [-0.25, -0.2) is 13.2 Å². The molecule has 0 aromatic rings. The van der Waals surface area contributed by atoms with Crippen LogP contribution in [0.3, 0.4) is 0 Å². The molecule has 1 saturated heterocycles. The molecule has 0 aromatic heterocycles. The van der Waals surface area contributed by atoms with Gasteiger partial charge in [0.15, 0.2) is 9.84 Å². The topological polar surface area (TPSA) is 89.5 Å². The summed E-state index contributed by atoms with van der Waals surface area (Å²) in [6, 6.07) is -0.690. The molecule has 1 atom stereocenters. The lowest BCUT2D eigenvalue weighted by Gasteiger charge is -2.08. The number of sulfone groups is 1. The van der Waals surface area contributed by atoms with Gasteiger partial charge in [-0.2, -0.15) is 0 Å². The first-order valence-corrected chi connectivity index (χ1v) is 6.93. The van der Waals surface area contributed by atoms with Gasteiger partial charge < -0.3 is 10.1 Å². The van der Waals surface area contributed by atoms with E-state index in [1.54, 1.807) is 6.92 Å². The van der Waals surface area contributed by atoms with Crippen molar-refractivity contribution in [3.63, 3.8) is 0 Å². The molecule has 1 unspecified atom stereocenters. The Bertz CT molecular complexity index is 375. The Hall–Kier alpha value is -1.11. The van der Waals surface area contributed by atoms with Gasteiger partial charge in [-0.05, 0) is 6.42 Å². The van der Waals surface area contributed by atoms with E-state index in [9.17, 15) is 18.0 Å². The zero-order valence-electron chi connectivity index (χ0n) is 9.06. The van der Waals surface area contributed by atoms with E-state index in [4.69, 9.17) is 0 Å². The van der Waals surface area contributed by atoms with Gasteiger partial charge in [0.25, 0.3) is 0 Å². The molecule has 1 fully saturated rings. The summed E-state index contributed by atoms with van der Waals surface area (Å²) in [4.78, 5) is 22.4. The molecule has 1 aliphatic heterocycles. The fourth-order valence-electron chi connectivity index (χ4n) is 1.45. The molecular weight excluding hydrogens is 234 g/mol. The molecule has 0 bridgehead atoms. The number of ether oxygens (including phenoxy) is 1. The van der Waals surface area contributed by atoms with Gasteiger partial charge in [0, 0.05) is 6.42 Å². The zero-order valence-corrected chi connectivity index (χ0v) is 9.88. The lowest BCUT2D eigenvalue weighted by molar-refractivity contribution is -0.141. The standard InChI is InChI=1S/C9H15NO5S/c1-2-5-16(13,14)6-8(11)10-7-3-4-15-9(7)12/h7H,2-6H2,1H3,(H,10,11). The zero-order chi connectivity index (χ0) is 12.2. The van der Waals surface area contributed by atoms with E-state index in [2.05, 4.69) is 10.1 Å². The maximum absolute atomic E-state index is 11.3. The van der Waals surface area contributed by atoms with Crippen molar-refractivity contribution < 1.29 is 22.7 Å². The highest BCUT2D eigenvalue weighted by atomic mass is 32.2. The minimum atomic E-state index is -3.35. The van der Waals surface area contributed by atoms with E-state index in [0.29, 0.717) is 12.8 Å². The third kappa shape index (κ3) is 3.80. The van der Waals surface area contributed by atoms with Gasteiger partial charge in [-0.15, -0.1) is 0 Å². The largest absolute Gasteiger partial charge is 0.464 e. The van der Waals surface area contributed by atoms with Crippen LogP contribution in [0.15, 0.2) is 0 Å². The van der Waals surface area contributed by atoms with E-state index >= 15 is 0 Å². The quantitative estimate of drug-likeness (QED) is 0.647. The van der Waals surface area contributed by atoms with E-state index in [1.165, 1.54) is 0 Å². The molecule has 0 radical (unpaired) electrons. The molecule has 1 rings (SSSR count). The van der Waals surface area contributed by atoms with Crippen molar-refractivity contribution in [1.29, 1.82) is 0 Å². The number of esters is 1. The molecule has 92 valence electrons. The second-order valence-corrected chi connectivity index (χ2v) is 5.85. The molecule has 0 aliphatic carbocycles. The van der Waals surface area contributed by atoms with Crippen molar-refractivity contribution in [2.45, 2.75) is 25.8 Å². The van der Waals surface area contributed by atoms with E-state index in [1.807, 2.05) is 0 Å². The average Bonchev–Trinajstić information content (AvgIpc) is 2.50. The first-order chi connectivity index (χ1) is 7.44. The summed E-state index contributed by atoms with van der Waals surface area (Å²) < 4.78 is 27.3. The van der Waals surface area contributed by atoms with Gasteiger partial charge in [-0.1, -0.05) is 6.92 Å². The van der Waals surface area contributed by atoms with Crippen molar-refractivity contribution in [1.82, 2.24) is 5.32 Å². The maximum atomic E-state index is 11.3. The number of cyclic esters (lactones) is 1. The molecule has 1 heterocycles. The lowest BCUT2D eigenvalue weighted by atomic mass is 10.2. The van der Waals surface area contributed by atoms with E-state index < -0.39 is 33.5 Å². The highest BCUT2D eigenvalue weighted by Crippen LogP contribution is 2.05. The van der Waals surface area contributed by atoms with Crippen molar-refractivity contribution in [2.24, 2.45) is 0 Å². The van der Waals surface area contributed by atoms with Gasteiger partial charge in [0.2, 0.25) is 5.91 Å². The Labute approximate surface area is 94.3 Å². The number of amides is 1. The van der Waals surface area contributed by atoms with Crippen LogP contribution in [0.5, 0.6) is 0 Å². The number of nitrogens with one attached hydrogen (secondary N) is 1. The SMILES string of the molecule is CCCS(=O)(=O)CC(=O)NC1CCOC1=O. The van der Waals surface area contributed by atoms with Crippen LogP contribution in [0.2, 0.25) is 0 Å². The highest BCUT2D eigenvalue weighted by Gasteiger charge is 2.29.